The summed E-state index contributed by atoms with van der Waals surface area (Å²) in [6.07, 6.45) is 5.16. The molecular formula is C23H24ClN3O4. The molecule has 0 radical (unpaired) electrons. The Morgan fingerprint density at radius 1 is 1.29 bits per heavy atom. The summed E-state index contributed by atoms with van der Waals surface area (Å²) < 4.78 is 5.51. The molecule has 1 aliphatic carbocycles. The third-order valence-corrected chi connectivity index (χ3v) is 6.14. The number of halogens is 1. The molecule has 0 spiro atoms. The van der Waals surface area contributed by atoms with E-state index >= 15 is 0 Å². The Labute approximate surface area is 185 Å². The number of nitrogens with one attached hydrogen (secondary N) is 1. The summed E-state index contributed by atoms with van der Waals surface area (Å²) in [7, 11) is 0. The van der Waals surface area contributed by atoms with Gasteiger partial charge in [-0.3, -0.25) is 4.79 Å². The third-order valence-electron chi connectivity index (χ3n) is 5.91. The number of hydrogen-bond acceptors (Lipinski definition) is 7. The van der Waals surface area contributed by atoms with E-state index in [0.717, 1.165) is 6.42 Å². The van der Waals surface area contributed by atoms with Gasteiger partial charge in [0, 0.05) is 22.8 Å². The molecule has 1 aliphatic rings. The molecule has 4 rings (SSSR count). The van der Waals surface area contributed by atoms with E-state index in [1.54, 1.807) is 31.2 Å². The predicted molar refractivity (Wildman–Crippen MR) is 116 cm³/mol. The second-order valence-electron chi connectivity index (χ2n) is 8.25. The van der Waals surface area contributed by atoms with Crippen molar-refractivity contribution in [3.05, 3.63) is 76.6 Å². The van der Waals surface area contributed by atoms with Crippen molar-refractivity contribution in [1.82, 2.24) is 9.97 Å². The van der Waals surface area contributed by atoms with E-state index in [-0.39, 0.29) is 29.4 Å². The molecule has 7 nitrogen and oxygen atoms in total. The van der Waals surface area contributed by atoms with Crippen molar-refractivity contribution in [2.24, 2.45) is 5.92 Å². The summed E-state index contributed by atoms with van der Waals surface area (Å²) in [5, 5.41) is 24.8. The van der Waals surface area contributed by atoms with Crippen LogP contribution in [0.4, 0.5) is 5.82 Å². The Kier molecular flexibility index (Phi) is 5.83. The van der Waals surface area contributed by atoms with Crippen molar-refractivity contribution in [3.63, 3.8) is 0 Å². The Balaban J connectivity index is 1.58. The molecular weight excluding hydrogens is 418 g/mol. The number of ketones is 1. The molecule has 4 atom stereocenters. The molecule has 3 N–H and O–H groups in total. The fourth-order valence-electron chi connectivity index (χ4n) is 3.95. The lowest BCUT2D eigenvalue weighted by atomic mass is 9.90. The highest BCUT2D eigenvalue weighted by Crippen LogP contribution is 2.33. The molecule has 1 aromatic carbocycles. The van der Waals surface area contributed by atoms with Crippen LogP contribution < -0.4 is 5.32 Å². The van der Waals surface area contributed by atoms with Crippen molar-refractivity contribution in [3.8, 4) is 0 Å². The maximum absolute atomic E-state index is 13.1. The minimum absolute atomic E-state index is 0.0159. The van der Waals surface area contributed by atoms with Crippen LogP contribution in [0.1, 0.15) is 53.9 Å². The van der Waals surface area contributed by atoms with Crippen LogP contribution in [0.25, 0.3) is 0 Å². The zero-order valence-corrected chi connectivity index (χ0v) is 18.0. The highest BCUT2D eigenvalue weighted by molar-refractivity contribution is 6.30. The Bertz CT molecular complexity index is 1090. The van der Waals surface area contributed by atoms with Crippen LogP contribution in [0.15, 0.2) is 53.5 Å². The number of aliphatic hydroxyl groups is 2. The average molecular weight is 442 g/mol. The number of furan rings is 1. The normalized spacial score (nSPS) is 22.8. The van der Waals surface area contributed by atoms with Gasteiger partial charge in [-0.25, -0.2) is 9.97 Å². The van der Waals surface area contributed by atoms with Crippen LogP contribution in [0, 0.1) is 5.92 Å². The van der Waals surface area contributed by atoms with Gasteiger partial charge in [-0.1, -0.05) is 30.7 Å². The zero-order chi connectivity index (χ0) is 22.2. The highest BCUT2D eigenvalue weighted by atomic mass is 35.5. The lowest BCUT2D eigenvalue weighted by molar-refractivity contribution is 0.100. The monoisotopic (exact) mass is 441 g/mol. The number of hydrogen-bond donors (Lipinski definition) is 3. The molecule has 1 fully saturated rings. The summed E-state index contributed by atoms with van der Waals surface area (Å²) in [5.41, 5.74) is -0.117. The van der Waals surface area contributed by atoms with Gasteiger partial charge in [-0.2, -0.15) is 0 Å². The van der Waals surface area contributed by atoms with Gasteiger partial charge in [0.1, 0.15) is 17.7 Å². The van der Waals surface area contributed by atoms with E-state index in [1.165, 1.54) is 24.9 Å². The summed E-state index contributed by atoms with van der Waals surface area (Å²) in [6.45, 7) is 3.61. The first-order chi connectivity index (χ1) is 14.8. The first-order valence-electron chi connectivity index (χ1n) is 10.1. The highest BCUT2D eigenvalue weighted by Gasteiger charge is 2.32. The zero-order valence-electron chi connectivity index (χ0n) is 17.2. The van der Waals surface area contributed by atoms with E-state index in [2.05, 4.69) is 15.3 Å². The number of rotatable bonds is 6. The SMILES string of the molecule is C[C@@H]1C[C@@H](Nc2ncncc2C(=O)c2cc([C@](C)(O)c3cccc(Cl)c3)co2)C[C@@H]1O. The largest absolute Gasteiger partial charge is 0.460 e. The molecule has 2 heterocycles. The fraction of sp³-hybridized carbons (Fsp3) is 0.348. The molecule has 3 aromatic rings. The Morgan fingerprint density at radius 2 is 2.10 bits per heavy atom. The van der Waals surface area contributed by atoms with E-state index in [1.807, 2.05) is 6.92 Å². The number of carbonyl (C=O) groups excluding carboxylic acids is 1. The maximum Gasteiger partial charge on any atom is 0.233 e. The van der Waals surface area contributed by atoms with Crippen LogP contribution in [-0.4, -0.2) is 38.1 Å². The van der Waals surface area contributed by atoms with Gasteiger partial charge in [0.2, 0.25) is 5.78 Å². The van der Waals surface area contributed by atoms with Crippen molar-refractivity contribution in [2.45, 2.75) is 44.4 Å². The van der Waals surface area contributed by atoms with Crippen molar-refractivity contribution >= 4 is 23.2 Å². The van der Waals surface area contributed by atoms with Crippen LogP contribution in [-0.2, 0) is 5.60 Å². The third kappa shape index (κ3) is 4.35. The van der Waals surface area contributed by atoms with Gasteiger partial charge >= 0.3 is 0 Å². The molecule has 1 saturated carbocycles. The Hall–Kier alpha value is -2.74. The molecule has 0 saturated heterocycles. The first kappa shape index (κ1) is 21.5. The van der Waals surface area contributed by atoms with E-state index in [9.17, 15) is 15.0 Å². The van der Waals surface area contributed by atoms with Crippen LogP contribution in [0.5, 0.6) is 0 Å². The lowest BCUT2D eigenvalue weighted by Crippen LogP contribution is -2.22. The van der Waals surface area contributed by atoms with E-state index in [0.29, 0.717) is 28.4 Å². The lowest BCUT2D eigenvalue weighted by Gasteiger charge is -2.22. The van der Waals surface area contributed by atoms with Gasteiger partial charge in [-0.15, -0.1) is 0 Å². The fourth-order valence-corrected chi connectivity index (χ4v) is 4.14. The maximum atomic E-state index is 13.1. The van der Waals surface area contributed by atoms with E-state index in [4.69, 9.17) is 16.0 Å². The summed E-state index contributed by atoms with van der Waals surface area (Å²) in [5.74, 6) is 0.239. The number of aromatic nitrogens is 2. The molecule has 8 heteroatoms. The first-order valence-corrected chi connectivity index (χ1v) is 10.5. The molecule has 0 unspecified atom stereocenters. The number of aliphatic hydroxyl groups excluding tert-OH is 1. The molecule has 0 aliphatic heterocycles. The predicted octanol–water partition coefficient (Wildman–Crippen LogP) is 3.78. The van der Waals surface area contributed by atoms with Gasteiger partial charge in [0.05, 0.1) is 17.9 Å². The number of carbonyl (C=O) groups is 1. The van der Waals surface area contributed by atoms with Gasteiger partial charge in [0.25, 0.3) is 0 Å². The molecule has 31 heavy (non-hydrogen) atoms. The Morgan fingerprint density at radius 3 is 2.81 bits per heavy atom. The molecule has 162 valence electrons. The number of benzene rings is 1. The van der Waals surface area contributed by atoms with Crippen molar-refractivity contribution in [1.29, 1.82) is 0 Å². The molecule has 0 bridgehead atoms. The molecule has 0 amide bonds. The van der Waals surface area contributed by atoms with Crippen LogP contribution >= 0.6 is 11.6 Å². The van der Waals surface area contributed by atoms with E-state index < -0.39 is 11.4 Å². The smallest absolute Gasteiger partial charge is 0.233 e. The average Bonchev–Trinajstić information content (AvgIpc) is 3.35. The summed E-state index contributed by atoms with van der Waals surface area (Å²) in [4.78, 5) is 21.3. The van der Waals surface area contributed by atoms with Gasteiger partial charge in [-0.05, 0) is 49.4 Å². The second-order valence-corrected chi connectivity index (χ2v) is 8.69. The van der Waals surface area contributed by atoms with Crippen LogP contribution in [0.3, 0.4) is 0 Å². The second kappa shape index (κ2) is 8.42. The topological polar surface area (TPSA) is 108 Å². The standard InChI is InChI=1S/C23H24ClN3O4/c1-13-6-17(9-19(13)28)27-22-18(10-25-12-26-22)21(29)20-8-15(11-31-20)23(2,30)14-4-3-5-16(24)7-14/h3-5,7-8,10-13,17,19,28,30H,6,9H2,1-2H3,(H,25,26,27)/t13-,17-,19+,23-/m1/s1. The number of anilines is 1. The number of nitrogens with zero attached hydrogens (tertiary/aromatic N) is 2. The minimum atomic E-state index is -1.39. The summed E-state index contributed by atoms with van der Waals surface area (Å²) in [6, 6.07) is 8.42. The van der Waals surface area contributed by atoms with Crippen molar-refractivity contribution in [2.75, 3.05) is 5.32 Å². The van der Waals surface area contributed by atoms with Gasteiger partial charge < -0.3 is 19.9 Å². The quantitative estimate of drug-likeness (QED) is 0.499. The van der Waals surface area contributed by atoms with Crippen molar-refractivity contribution < 1.29 is 19.4 Å². The van der Waals surface area contributed by atoms with Gasteiger partial charge in [0.15, 0.2) is 5.76 Å². The van der Waals surface area contributed by atoms with Crippen LogP contribution in [0.2, 0.25) is 5.02 Å². The minimum Gasteiger partial charge on any atom is -0.460 e. The summed E-state index contributed by atoms with van der Waals surface area (Å²) >= 11 is 6.05. The molecule has 2 aromatic heterocycles.